The van der Waals surface area contributed by atoms with Gasteiger partial charge >= 0.3 is 0 Å². The lowest BCUT2D eigenvalue weighted by atomic mass is 10.1. The zero-order valence-electron chi connectivity index (χ0n) is 10.6. The second-order valence-electron chi connectivity index (χ2n) is 5.02. The molecule has 0 heterocycles. The van der Waals surface area contributed by atoms with Crippen molar-refractivity contribution in [1.29, 1.82) is 0 Å². The lowest BCUT2D eigenvalue weighted by Crippen LogP contribution is -2.28. The summed E-state index contributed by atoms with van der Waals surface area (Å²) in [4.78, 5) is 0.253. The van der Waals surface area contributed by atoms with E-state index in [1.165, 1.54) is 18.9 Å². The number of sulfonamides is 1. The van der Waals surface area contributed by atoms with Crippen LogP contribution in [0.15, 0.2) is 23.1 Å². The molecule has 5 heteroatoms. The van der Waals surface area contributed by atoms with Gasteiger partial charge in [-0.05, 0) is 43.4 Å². The molecule has 0 radical (unpaired) electrons. The first-order valence-corrected chi connectivity index (χ1v) is 7.83. The molecule has 1 aromatic carbocycles. The Balaban J connectivity index is 2.07. The van der Waals surface area contributed by atoms with Gasteiger partial charge in [0.25, 0.3) is 0 Å². The summed E-state index contributed by atoms with van der Waals surface area (Å²) in [5.74, 6) is 0.488. The first-order chi connectivity index (χ1) is 8.49. The zero-order chi connectivity index (χ0) is 13.2. The van der Waals surface area contributed by atoms with Crippen molar-refractivity contribution in [3.63, 3.8) is 0 Å². The van der Waals surface area contributed by atoms with Crippen LogP contribution in [0.3, 0.4) is 0 Å². The van der Waals surface area contributed by atoms with Crippen molar-refractivity contribution in [3.8, 4) is 0 Å². The van der Waals surface area contributed by atoms with Crippen molar-refractivity contribution < 1.29 is 8.42 Å². The van der Waals surface area contributed by atoms with E-state index in [0.29, 0.717) is 18.2 Å². The van der Waals surface area contributed by atoms with Gasteiger partial charge in [-0.2, -0.15) is 0 Å². The van der Waals surface area contributed by atoms with Gasteiger partial charge in [0.05, 0.1) is 4.90 Å². The summed E-state index contributed by atoms with van der Waals surface area (Å²) in [5.41, 5.74) is 7.15. The molecular formula is C13H20N2O2S. The number of nitrogens with two attached hydrogens (primary N) is 1. The number of nitrogens with one attached hydrogen (secondary N) is 1. The smallest absolute Gasteiger partial charge is 0.240 e. The molecule has 1 saturated carbocycles. The molecule has 0 amide bonds. The summed E-state index contributed by atoms with van der Waals surface area (Å²) in [7, 11) is -3.42. The fraction of sp³-hybridized carbons (Fsp3) is 0.538. The van der Waals surface area contributed by atoms with Gasteiger partial charge in [-0.1, -0.05) is 18.9 Å². The Morgan fingerprint density at radius 1 is 1.33 bits per heavy atom. The number of rotatable bonds is 4. The van der Waals surface area contributed by atoms with Gasteiger partial charge in [-0.15, -0.1) is 0 Å². The summed E-state index contributed by atoms with van der Waals surface area (Å²) in [6.45, 7) is 2.40. The molecule has 0 bridgehead atoms. The van der Waals surface area contributed by atoms with Gasteiger partial charge < -0.3 is 5.73 Å². The molecule has 2 rings (SSSR count). The highest BCUT2D eigenvalue weighted by atomic mass is 32.2. The lowest BCUT2D eigenvalue weighted by Gasteiger charge is -2.12. The number of hydrogen-bond donors (Lipinski definition) is 2. The van der Waals surface area contributed by atoms with E-state index in [1.54, 1.807) is 12.1 Å². The van der Waals surface area contributed by atoms with Crippen molar-refractivity contribution in [1.82, 2.24) is 4.72 Å². The average Bonchev–Trinajstić information content (AvgIpc) is 2.83. The molecule has 0 atom stereocenters. The van der Waals surface area contributed by atoms with Gasteiger partial charge in [-0.3, -0.25) is 0 Å². The molecule has 1 aliphatic carbocycles. The minimum atomic E-state index is -3.42. The second-order valence-corrected chi connectivity index (χ2v) is 6.79. The van der Waals surface area contributed by atoms with E-state index in [4.69, 9.17) is 5.73 Å². The van der Waals surface area contributed by atoms with Crippen LogP contribution < -0.4 is 10.5 Å². The van der Waals surface area contributed by atoms with Gasteiger partial charge in [0.2, 0.25) is 10.0 Å². The Labute approximate surface area is 109 Å². The molecule has 0 aromatic heterocycles. The van der Waals surface area contributed by atoms with E-state index < -0.39 is 10.0 Å². The third kappa shape index (κ3) is 3.03. The van der Waals surface area contributed by atoms with E-state index in [2.05, 4.69) is 4.72 Å². The first-order valence-electron chi connectivity index (χ1n) is 6.35. The van der Waals surface area contributed by atoms with Crippen LogP contribution in [0.2, 0.25) is 0 Å². The quantitative estimate of drug-likeness (QED) is 0.821. The minimum Gasteiger partial charge on any atom is -0.398 e. The molecule has 100 valence electrons. The van der Waals surface area contributed by atoms with Gasteiger partial charge in [-0.25, -0.2) is 13.1 Å². The highest BCUT2D eigenvalue weighted by Crippen LogP contribution is 2.24. The molecule has 1 aromatic rings. The Kier molecular flexibility index (Phi) is 3.92. The zero-order valence-corrected chi connectivity index (χ0v) is 11.5. The van der Waals surface area contributed by atoms with Crippen LogP contribution in [0, 0.1) is 12.8 Å². The Bertz CT molecular complexity index is 520. The van der Waals surface area contributed by atoms with Crippen LogP contribution in [-0.4, -0.2) is 15.0 Å². The predicted molar refractivity (Wildman–Crippen MR) is 72.7 cm³/mol. The number of hydrogen-bond acceptors (Lipinski definition) is 3. The van der Waals surface area contributed by atoms with Crippen molar-refractivity contribution in [2.45, 2.75) is 37.5 Å². The molecule has 0 unspecified atom stereocenters. The third-order valence-corrected chi connectivity index (χ3v) is 5.02. The maximum Gasteiger partial charge on any atom is 0.240 e. The van der Waals surface area contributed by atoms with E-state index in [1.807, 2.05) is 6.92 Å². The summed E-state index contributed by atoms with van der Waals surface area (Å²) in [6, 6.07) is 4.86. The van der Waals surface area contributed by atoms with Crippen LogP contribution >= 0.6 is 0 Å². The van der Waals surface area contributed by atoms with Crippen LogP contribution in [0.25, 0.3) is 0 Å². The van der Waals surface area contributed by atoms with Crippen molar-refractivity contribution in [2.75, 3.05) is 12.3 Å². The highest BCUT2D eigenvalue weighted by molar-refractivity contribution is 7.89. The summed E-state index contributed by atoms with van der Waals surface area (Å²) in [5, 5.41) is 0. The summed E-state index contributed by atoms with van der Waals surface area (Å²) < 4.78 is 26.9. The highest BCUT2D eigenvalue weighted by Gasteiger charge is 2.19. The lowest BCUT2D eigenvalue weighted by molar-refractivity contribution is 0.519. The van der Waals surface area contributed by atoms with Gasteiger partial charge in [0.15, 0.2) is 0 Å². The summed E-state index contributed by atoms with van der Waals surface area (Å²) in [6.07, 6.45) is 4.67. The maximum absolute atomic E-state index is 12.1. The van der Waals surface area contributed by atoms with Gasteiger partial charge in [0, 0.05) is 12.2 Å². The first kappa shape index (κ1) is 13.4. The van der Waals surface area contributed by atoms with Crippen molar-refractivity contribution in [2.24, 2.45) is 5.92 Å². The Morgan fingerprint density at radius 2 is 2.00 bits per heavy atom. The van der Waals surface area contributed by atoms with E-state index in [0.717, 1.165) is 18.4 Å². The van der Waals surface area contributed by atoms with Crippen LogP contribution in [0.1, 0.15) is 31.2 Å². The van der Waals surface area contributed by atoms with E-state index >= 15 is 0 Å². The Morgan fingerprint density at radius 3 is 2.61 bits per heavy atom. The molecule has 0 saturated heterocycles. The minimum absolute atomic E-state index is 0.253. The van der Waals surface area contributed by atoms with E-state index in [9.17, 15) is 8.42 Å². The number of benzene rings is 1. The second kappa shape index (κ2) is 5.28. The van der Waals surface area contributed by atoms with Crippen molar-refractivity contribution >= 4 is 15.7 Å². The van der Waals surface area contributed by atoms with Crippen molar-refractivity contribution in [3.05, 3.63) is 23.8 Å². The number of nitrogen functional groups attached to an aromatic ring is 1. The predicted octanol–water partition coefficient (Wildman–Crippen LogP) is 2.05. The molecule has 18 heavy (non-hydrogen) atoms. The van der Waals surface area contributed by atoms with E-state index in [-0.39, 0.29) is 4.90 Å². The molecule has 0 spiro atoms. The van der Waals surface area contributed by atoms with Gasteiger partial charge in [0.1, 0.15) is 0 Å². The van der Waals surface area contributed by atoms with Crippen LogP contribution in [0.5, 0.6) is 0 Å². The molecule has 3 N–H and O–H groups in total. The largest absolute Gasteiger partial charge is 0.398 e. The summed E-state index contributed by atoms with van der Waals surface area (Å²) >= 11 is 0. The van der Waals surface area contributed by atoms with Crippen LogP contribution in [-0.2, 0) is 10.0 Å². The van der Waals surface area contributed by atoms with Crippen LogP contribution in [0.4, 0.5) is 5.69 Å². The topological polar surface area (TPSA) is 72.2 Å². The SMILES string of the molecule is Cc1ccc(S(=O)(=O)NCC2CCCC2)cc1N. The fourth-order valence-electron chi connectivity index (χ4n) is 2.31. The standard InChI is InChI=1S/C13H20N2O2S/c1-10-6-7-12(8-13(10)14)18(16,17)15-9-11-4-2-3-5-11/h6-8,11,15H,2-5,9,14H2,1H3. The molecule has 1 aliphatic rings. The average molecular weight is 268 g/mol. The number of aryl methyl sites for hydroxylation is 1. The Hall–Kier alpha value is -1.07. The number of anilines is 1. The monoisotopic (exact) mass is 268 g/mol. The molecule has 4 nitrogen and oxygen atoms in total. The normalized spacial score (nSPS) is 17.2. The maximum atomic E-state index is 12.1. The molecule has 1 fully saturated rings. The molecular weight excluding hydrogens is 248 g/mol. The fourth-order valence-corrected chi connectivity index (χ4v) is 3.46. The third-order valence-electron chi connectivity index (χ3n) is 3.60. The molecule has 0 aliphatic heterocycles.